The summed E-state index contributed by atoms with van der Waals surface area (Å²) in [4.78, 5) is 10.6. The highest BCUT2D eigenvalue weighted by Crippen LogP contribution is 2.11. The standard InChI is InChI=1S/C18H26O2/c1-3-4-5-6-7-9-17-11-13-18(14-12-17)10-8-15-20-16(2)19/h8,10-14H,3-7,9,15H2,1-2H3. The molecule has 0 heterocycles. The zero-order chi connectivity index (χ0) is 14.6. The zero-order valence-corrected chi connectivity index (χ0v) is 12.7. The zero-order valence-electron chi connectivity index (χ0n) is 12.7. The number of hydrogen-bond donors (Lipinski definition) is 0. The van der Waals surface area contributed by atoms with Crippen LogP contribution in [0, 0.1) is 0 Å². The van der Waals surface area contributed by atoms with Crippen molar-refractivity contribution in [3.63, 3.8) is 0 Å². The third kappa shape index (κ3) is 7.78. The average molecular weight is 274 g/mol. The second-order valence-corrected chi connectivity index (χ2v) is 5.11. The SMILES string of the molecule is CCCCCCCc1ccc(C=CCOC(C)=O)cc1. The summed E-state index contributed by atoms with van der Waals surface area (Å²) in [5.74, 6) is -0.243. The van der Waals surface area contributed by atoms with Gasteiger partial charge >= 0.3 is 5.97 Å². The highest BCUT2D eigenvalue weighted by atomic mass is 16.5. The number of unbranched alkanes of at least 4 members (excludes halogenated alkanes) is 4. The molecule has 1 aromatic carbocycles. The summed E-state index contributed by atoms with van der Waals surface area (Å²) in [6.07, 6.45) is 11.6. The van der Waals surface area contributed by atoms with Gasteiger partial charge in [-0.1, -0.05) is 62.9 Å². The molecule has 2 heteroatoms. The Hall–Kier alpha value is -1.57. The van der Waals surface area contributed by atoms with Crippen LogP contribution in [0.25, 0.3) is 6.08 Å². The number of ether oxygens (including phenoxy) is 1. The summed E-state index contributed by atoms with van der Waals surface area (Å²) < 4.78 is 4.85. The lowest BCUT2D eigenvalue weighted by atomic mass is 10.0. The van der Waals surface area contributed by atoms with Gasteiger partial charge < -0.3 is 4.74 Å². The molecule has 0 aromatic heterocycles. The quantitative estimate of drug-likeness (QED) is 0.478. The summed E-state index contributed by atoms with van der Waals surface area (Å²) in [6, 6.07) is 8.61. The second-order valence-electron chi connectivity index (χ2n) is 5.11. The Labute approximate surface area is 122 Å². The Balaban J connectivity index is 2.27. The molecule has 0 spiro atoms. The van der Waals surface area contributed by atoms with Crippen molar-refractivity contribution in [3.8, 4) is 0 Å². The van der Waals surface area contributed by atoms with E-state index in [2.05, 4.69) is 31.2 Å². The number of carbonyl (C=O) groups is 1. The number of carbonyl (C=O) groups excluding carboxylic acids is 1. The van der Waals surface area contributed by atoms with Crippen LogP contribution >= 0.6 is 0 Å². The molecule has 20 heavy (non-hydrogen) atoms. The van der Waals surface area contributed by atoms with Crippen molar-refractivity contribution in [1.29, 1.82) is 0 Å². The highest BCUT2D eigenvalue weighted by molar-refractivity contribution is 5.66. The van der Waals surface area contributed by atoms with E-state index in [1.165, 1.54) is 51.0 Å². The first-order valence-corrected chi connectivity index (χ1v) is 7.61. The van der Waals surface area contributed by atoms with Crippen LogP contribution in [0.4, 0.5) is 0 Å². The molecule has 0 fully saturated rings. The van der Waals surface area contributed by atoms with E-state index in [1.54, 1.807) is 0 Å². The monoisotopic (exact) mass is 274 g/mol. The predicted octanol–water partition coefficient (Wildman–Crippen LogP) is 4.78. The molecule has 0 aliphatic carbocycles. The molecular formula is C18H26O2. The molecule has 1 rings (SSSR count). The molecule has 0 radical (unpaired) electrons. The summed E-state index contributed by atoms with van der Waals surface area (Å²) in [6.45, 7) is 4.01. The second kappa shape index (κ2) is 10.2. The lowest BCUT2D eigenvalue weighted by Crippen LogP contribution is -1.97. The van der Waals surface area contributed by atoms with E-state index in [0.29, 0.717) is 6.61 Å². The highest BCUT2D eigenvalue weighted by Gasteiger charge is 1.94. The van der Waals surface area contributed by atoms with Gasteiger partial charge in [0.1, 0.15) is 6.61 Å². The number of esters is 1. The molecule has 0 atom stereocenters. The average Bonchev–Trinajstić information content (AvgIpc) is 2.44. The topological polar surface area (TPSA) is 26.3 Å². The lowest BCUT2D eigenvalue weighted by molar-refractivity contribution is -0.139. The Morgan fingerprint density at radius 1 is 1.10 bits per heavy atom. The molecule has 0 unspecified atom stereocenters. The Morgan fingerprint density at radius 3 is 2.45 bits per heavy atom. The molecule has 0 saturated carbocycles. The first-order chi connectivity index (χ1) is 9.72. The van der Waals surface area contributed by atoms with Gasteiger partial charge in [0.2, 0.25) is 0 Å². The van der Waals surface area contributed by atoms with E-state index in [4.69, 9.17) is 4.74 Å². The van der Waals surface area contributed by atoms with Gasteiger partial charge in [-0.3, -0.25) is 4.79 Å². The number of aryl methyl sites for hydroxylation is 1. The van der Waals surface area contributed by atoms with Crippen molar-refractivity contribution in [2.45, 2.75) is 52.4 Å². The van der Waals surface area contributed by atoms with Crippen LogP contribution in [0.3, 0.4) is 0 Å². The van der Waals surface area contributed by atoms with Crippen LogP contribution in [0.2, 0.25) is 0 Å². The molecular weight excluding hydrogens is 248 g/mol. The molecule has 1 aromatic rings. The Bertz CT molecular complexity index is 404. The van der Waals surface area contributed by atoms with Crippen LogP contribution in [0.5, 0.6) is 0 Å². The minimum atomic E-state index is -0.243. The van der Waals surface area contributed by atoms with Gasteiger partial charge in [-0.15, -0.1) is 0 Å². The lowest BCUT2D eigenvalue weighted by Gasteiger charge is -2.02. The number of benzene rings is 1. The van der Waals surface area contributed by atoms with E-state index >= 15 is 0 Å². The van der Waals surface area contributed by atoms with Gasteiger partial charge in [0.05, 0.1) is 0 Å². The van der Waals surface area contributed by atoms with Gasteiger partial charge in [0.25, 0.3) is 0 Å². The first kappa shape index (κ1) is 16.5. The minimum absolute atomic E-state index is 0.243. The minimum Gasteiger partial charge on any atom is -0.462 e. The molecule has 0 saturated heterocycles. The van der Waals surface area contributed by atoms with Gasteiger partial charge in [0, 0.05) is 6.92 Å². The van der Waals surface area contributed by atoms with Gasteiger partial charge in [-0.05, 0) is 30.0 Å². The van der Waals surface area contributed by atoms with E-state index in [1.807, 2.05) is 12.2 Å². The van der Waals surface area contributed by atoms with Crippen molar-refractivity contribution >= 4 is 12.0 Å². The van der Waals surface area contributed by atoms with Crippen molar-refractivity contribution in [1.82, 2.24) is 0 Å². The van der Waals surface area contributed by atoms with Crippen molar-refractivity contribution < 1.29 is 9.53 Å². The largest absolute Gasteiger partial charge is 0.462 e. The van der Waals surface area contributed by atoms with Gasteiger partial charge in [-0.25, -0.2) is 0 Å². The van der Waals surface area contributed by atoms with Crippen LogP contribution < -0.4 is 0 Å². The molecule has 0 bridgehead atoms. The van der Waals surface area contributed by atoms with Crippen molar-refractivity contribution in [2.24, 2.45) is 0 Å². The van der Waals surface area contributed by atoms with Crippen molar-refractivity contribution in [2.75, 3.05) is 6.61 Å². The fraction of sp³-hybridized carbons (Fsp3) is 0.500. The molecule has 0 amide bonds. The first-order valence-electron chi connectivity index (χ1n) is 7.61. The maximum Gasteiger partial charge on any atom is 0.302 e. The van der Waals surface area contributed by atoms with Crippen LogP contribution in [-0.2, 0) is 16.0 Å². The van der Waals surface area contributed by atoms with Crippen LogP contribution in [0.15, 0.2) is 30.3 Å². The maximum absolute atomic E-state index is 10.6. The smallest absolute Gasteiger partial charge is 0.302 e. The normalized spacial score (nSPS) is 10.9. The summed E-state index contributed by atoms with van der Waals surface area (Å²) in [5, 5.41) is 0. The summed E-state index contributed by atoms with van der Waals surface area (Å²) >= 11 is 0. The Kier molecular flexibility index (Phi) is 8.44. The Morgan fingerprint density at radius 2 is 1.80 bits per heavy atom. The van der Waals surface area contributed by atoms with E-state index in [-0.39, 0.29) is 5.97 Å². The number of hydrogen-bond acceptors (Lipinski definition) is 2. The van der Waals surface area contributed by atoms with Crippen LogP contribution in [-0.4, -0.2) is 12.6 Å². The predicted molar refractivity (Wildman–Crippen MR) is 84.6 cm³/mol. The molecule has 0 aliphatic heterocycles. The fourth-order valence-electron chi connectivity index (χ4n) is 2.08. The van der Waals surface area contributed by atoms with Crippen LogP contribution in [0.1, 0.15) is 57.1 Å². The molecule has 2 nitrogen and oxygen atoms in total. The fourth-order valence-corrected chi connectivity index (χ4v) is 2.08. The third-order valence-corrected chi connectivity index (χ3v) is 3.24. The van der Waals surface area contributed by atoms with E-state index in [9.17, 15) is 4.79 Å². The van der Waals surface area contributed by atoms with E-state index < -0.39 is 0 Å². The van der Waals surface area contributed by atoms with E-state index in [0.717, 1.165) is 5.56 Å². The van der Waals surface area contributed by atoms with Crippen molar-refractivity contribution in [3.05, 3.63) is 41.5 Å². The van der Waals surface area contributed by atoms with Gasteiger partial charge in [-0.2, -0.15) is 0 Å². The van der Waals surface area contributed by atoms with Gasteiger partial charge in [0.15, 0.2) is 0 Å². The summed E-state index contributed by atoms with van der Waals surface area (Å²) in [7, 11) is 0. The number of rotatable bonds is 9. The maximum atomic E-state index is 10.6. The molecule has 0 N–H and O–H groups in total. The molecule has 0 aliphatic rings. The molecule has 110 valence electrons. The summed E-state index contributed by atoms with van der Waals surface area (Å²) in [5.41, 5.74) is 2.55. The third-order valence-electron chi connectivity index (χ3n) is 3.24.